The second-order valence-electron chi connectivity index (χ2n) is 7.31. The molecular formula is C21H26O2. The standard InChI is InChI=1S/C21H26O2/c1-15(12-16-4-6-17(13-22)7-5-16)18-8-10-21(2,3)20-14-23-11-9-19(18)20/h4-7,9,11-12,18,22H,8,10,13-14H2,1-3H3. The summed E-state index contributed by atoms with van der Waals surface area (Å²) in [5, 5.41) is 9.15. The zero-order valence-corrected chi connectivity index (χ0v) is 14.3. The highest BCUT2D eigenvalue weighted by Crippen LogP contribution is 2.46. The van der Waals surface area contributed by atoms with Gasteiger partial charge in [-0.15, -0.1) is 0 Å². The number of allylic oxidation sites excluding steroid dienone is 3. The van der Waals surface area contributed by atoms with Gasteiger partial charge in [0.1, 0.15) is 6.61 Å². The summed E-state index contributed by atoms with van der Waals surface area (Å²) in [6.45, 7) is 7.72. The van der Waals surface area contributed by atoms with E-state index in [4.69, 9.17) is 9.84 Å². The number of hydrogen-bond acceptors (Lipinski definition) is 2. The van der Waals surface area contributed by atoms with E-state index in [2.05, 4.69) is 45.1 Å². The molecule has 0 amide bonds. The lowest BCUT2D eigenvalue weighted by atomic mass is 9.66. The molecule has 0 saturated heterocycles. The Balaban J connectivity index is 1.90. The van der Waals surface area contributed by atoms with Crippen LogP contribution in [-0.4, -0.2) is 11.7 Å². The molecule has 23 heavy (non-hydrogen) atoms. The Labute approximate surface area is 139 Å². The Morgan fingerprint density at radius 1 is 1.30 bits per heavy atom. The molecule has 2 aliphatic rings. The first-order valence-corrected chi connectivity index (χ1v) is 8.41. The zero-order chi connectivity index (χ0) is 16.4. The van der Waals surface area contributed by atoms with Crippen molar-refractivity contribution in [2.75, 3.05) is 6.61 Å². The molecule has 1 aliphatic carbocycles. The van der Waals surface area contributed by atoms with Crippen LogP contribution in [0.3, 0.4) is 0 Å². The molecule has 3 rings (SSSR count). The largest absolute Gasteiger partial charge is 0.497 e. The maximum atomic E-state index is 9.15. The van der Waals surface area contributed by atoms with Crippen molar-refractivity contribution in [3.05, 3.63) is 64.4 Å². The van der Waals surface area contributed by atoms with E-state index in [0.29, 0.717) is 5.92 Å². The van der Waals surface area contributed by atoms with Crippen molar-refractivity contribution < 1.29 is 9.84 Å². The molecule has 2 heteroatoms. The third kappa shape index (κ3) is 3.28. The van der Waals surface area contributed by atoms with Gasteiger partial charge >= 0.3 is 0 Å². The van der Waals surface area contributed by atoms with Crippen molar-refractivity contribution in [2.45, 2.75) is 40.2 Å². The van der Waals surface area contributed by atoms with Crippen LogP contribution in [0.4, 0.5) is 0 Å². The monoisotopic (exact) mass is 310 g/mol. The van der Waals surface area contributed by atoms with Gasteiger partial charge in [0.25, 0.3) is 0 Å². The summed E-state index contributed by atoms with van der Waals surface area (Å²) in [5.74, 6) is 0.482. The molecule has 1 heterocycles. The lowest BCUT2D eigenvalue weighted by Crippen LogP contribution is -2.29. The van der Waals surface area contributed by atoms with Crippen LogP contribution < -0.4 is 0 Å². The van der Waals surface area contributed by atoms with Crippen LogP contribution in [-0.2, 0) is 11.3 Å². The van der Waals surface area contributed by atoms with Crippen molar-refractivity contribution in [2.24, 2.45) is 11.3 Å². The van der Waals surface area contributed by atoms with Crippen molar-refractivity contribution in [3.63, 3.8) is 0 Å². The topological polar surface area (TPSA) is 29.5 Å². The average molecular weight is 310 g/mol. The summed E-state index contributed by atoms with van der Waals surface area (Å²) < 4.78 is 5.56. The summed E-state index contributed by atoms with van der Waals surface area (Å²) >= 11 is 0. The van der Waals surface area contributed by atoms with Gasteiger partial charge in [-0.25, -0.2) is 0 Å². The smallest absolute Gasteiger partial charge is 0.110 e. The van der Waals surface area contributed by atoms with Crippen LogP contribution in [0.1, 0.15) is 44.7 Å². The van der Waals surface area contributed by atoms with E-state index in [0.717, 1.165) is 12.2 Å². The second kappa shape index (κ2) is 6.37. The first-order valence-electron chi connectivity index (χ1n) is 8.41. The molecule has 2 nitrogen and oxygen atoms in total. The number of benzene rings is 1. The summed E-state index contributed by atoms with van der Waals surface area (Å²) in [6.07, 6.45) is 8.67. The molecular weight excluding hydrogens is 284 g/mol. The van der Waals surface area contributed by atoms with Crippen LogP contribution in [0.5, 0.6) is 0 Å². The predicted molar refractivity (Wildman–Crippen MR) is 94.6 cm³/mol. The highest BCUT2D eigenvalue weighted by molar-refractivity contribution is 5.56. The van der Waals surface area contributed by atoms with Crippen LogP contribution in [0, 0.1) is 11.3 Å². The van der Waals surface area contributed by atoms with Gasteiger partial charge in [0, 0.05) is 5.92 Å². The summed E-state index contributed by atoms with van der Waals surface area (Å²) in [6, 6.07) is 8.14. The van der Waals surface area contributed by atoms with Crippen molar-refractivity contribution in [1.29, 1.82) is 0 Å². The fourth-order valence-electron chi connectivity index (χ4n) is 3.72. The first kappa shape index (κ1) is 16.1. The predicted octanol–water partition coefficient (Wildman–Crippen LogP) is 4.86. The minimum absolute atomic E-state index is 0.0989. The van der Waals surface area contributed by atoms with Crippen LogP contribution in [0.2, 0.25) is 0 Å². The number of aliphatic hydroxyl groups excluding tert-OH is 1. The quantitative estimate of drug-likeness (QED) is 0.864. The molecule has 1 aliphatic heterocycles. The lowest BCUT2D eigenvalue weighted by molar-refractivity contribution is 0.218. The molecule has 0 bridgehead atoms. The summed E-state index contributed by atoms with van der Waals surface area (Å²) in [7, 11) is 0. The molecule has 1 N–H and O–H groups in total. The Hall–Kier alpha value is -1.80. The Morgan fingerprint density at radius 3 is 2.74 bits per heavy atom. The molecule has 0 aromatic heterocycles. The fourth-order valence-corrected chi connectivity index (χ4v) is 3.72. The van der Waals surface area contributed by atoms with Gasteiger partial charge in [-0.1, -0.05) is 49.8 Å². The lowest BCUT2D eigenvalue weighted by Gasteiger charge is -2.40. The van der Waals surface area contributed by atoms with Gasteiger partial charge in [-0.3, -0.25) is 0 Å². The van der Waals surface area contributed by atoms with E-state index in [-0.39, 0.29) is 12.0 Å². The van der Waals surface area contributed by atoms with Crippen molar-refractivity contribution >= 4 is 6.08 Å². The van der Waals surface area contributed by atoms with Gasteiger partial charge in [-0.05, 0) is 53.5 Å². The average Bonchev–Trinajstić information content (AvgIpc) is 2.55. The minimum atomic E-state index is 0.0989. The SMILES string of the molecule is CC(=Cc1ccc(CO)cc1)C1CCC(C)(C)C2=C1C=COC2. The highest BCUT2D eigenvalue weighted by Gasteiger charge is 2.35. The molecule has 1 atom stereocenters. The molecule has 1 unspecified atom stereocenters. The maximum absolute atomic E-state index is 9.15. The third-order valence-electron chi connectivity index (χ3n) is 5.28. The van der Waals surface area contributed by atoms with E-state index in [1.54, 1.807) is 0 Å². The summed E-state index contributed by atoms with van der Waals surface area (Å²) in [4.78, 5) is 0. The molecule has 1 aromatic carbocycles. The Bertz CT molecular complexity index is 660. The van der Waals surface area contributed by atoms with Gasteiger partial charge in [0.2, 0.25) is 0 Å². The van der Waals surface area contributed by atoms with Crippen LogP contribution in [0.15, 0.2) is 53.3 Å². The van der Waals surface area contributed by atoms with Gasteiger partial charge < -0.3 is 9.84 Å². The van der Waals surface area contributed by atoms with Crippen molar-refractivity contribution in [3.8, 4) is 0 Å². The second-order valence-corrected chi connectivity index (χ2v) is 7.31. The minimum Gasteiger partial charge on any atom is -0.497 e. The van der Waals surface area contributed by atoms with Crippen molar-refractivity contribution in [1.82, 2.24) is 0 Å². The van der Waals surface area contributed by atoms with E-state index in [9.17, 15) is 0 Å². The number of ether oxygens (including phenoxy) is 1. The number of hydrogen-bond donors (Lipinski definition) is 1. The van der Waals surface area contributed by atoms with Crippen LogP contribution in [0.25, 0.3) is 6.08 Å². The number of rotatable bonds is 3. The Kier molecular flexibility index (Phi) is 4.45. The third-order valence-corrected chi connectivity index (χ3v) is 5.28. The van der Waals surface area contributed by atoms with Gasteiger partial charge in [0.15, 0.2) is 0 Å². The van der Waals surface area contributed by atoms with Gasteiger partial charge in [-0.2, -0.15) is 0 Å². The molecule has 0 spiro atoms. The first-order chi connectivity index (χ1) is 11.0. The molecule has 1 aromatic rings. The highest BCUT2D eigenvalue weighted by atomic mass is 16.5. The molecule has 0 fully saturated rings. The Morgan fingerprint density at radius 2 is 2.04 bits per heavy atom. The van der Waals surface area contributed by atoms with Crippen LogP contribution >= 0.6 is 0 Å². The molecule has 0 radical (unpaired) electrons. The fraction of sp³-hybridized carbons (Fsp3) is 0.429. The normalized spacial score (nSPS) is 23.5. The van der Waals surface area contributed by atoms with E-state index in [1.165, 1.54) is 35.1 Å². The molecule has 122 valence electrons. The zero-order valence-electron chi connectivity index (χ0n) is 14.3. The summed E-state index contributed by atoms with van der Waals surface area (Å²) in [5.41, 5.74) is 6.70. The maximum Gasteiger partial charge on any atom is 0.110 e. The van der Waals surface area contributed by atoms with Gasteiger partial charge in [0.05, 0.1) is 12.9 Å². The van der Waals surface area contributed by atoms with E-state index < -0.39 is 0 Å². The molecule has 0 saturated carbocycles. The van der Waals surface area contributed by atoms with E-state index >= 15 is 0 Å². The van der Waals surface area contributed by atoms with E-state index in [1.807, 2.05) is 18.4 Å². The number of aliphatic hydroxyl groups is 1.